The molecule has 5 rings (SSSR count). The van der Waals surface area contributed by atoms with Crippen LogP contribution in [0.2, 0.25) is 0 Å². The summed E-state index contributed by atoms with van der Waals surface area (Å²) in [6.45, 7) is 0.387. The highest BCUT2D eigenvalue weighted by Crippen LogP contribution is 2.26. The molecular formula is C27H22N6O3. The number of hydrogen-bond acceptors (Lipinski definition) is 5. The Hall–Kier alpha value is -5.05. The third-order valence-corrected chi connectivity index (χ3v) is 5.71. The topological polar surface area (TPSA) is 108 Å². The number of nitrogens with zero attached hydrogens (tertiary/aromatic N) is 5. The van der Waals surface area contributed by atoms with Gasteiger partial charge in [0.05, 0.1) is 28.4 Å². The largest absolute Gasteiger partial charge is 0.352 e. The van der Waals surface area contributed by atoms with Crippen molar-refractivity contribution in [2.75, 3.05) is 0 Å². The lowest BCUT2D eigenvalue weighted by atomic mass is 10.1. The van der Waals surface area contributed by atoms with Crippen LogP contribution >= 0.6 is 0 Å². The van der Waals surface area contributed by atoms with Crippen molar-refractivity contribution in [2.45, 2.75) is 13.0 Å². The first-order chi connectivity index (χ1) is 17.6. The van der Waals surface area contributed by atoms with Crippen LogP contribution in [0.4, 0.5) is 5.69 Å². The van der Waals surface area contributed by atoms with Crippen molar-refractivity contribution >= 4 is 11.6 Å². The molecule has 2 heterocycles. The lowest BCUT2D eigenvalue weighted by Gasteiger charge is -2.07. The number of rotatable bonds is 8. The van der Waals surface area contributed by atoms with E-state index in [4.69, 9.17) is 0 Å². The molecule has 9 nitrogen and oxygen atoms in total. The molecule has 0 aliphatic carbocycles. The summed E-state index contributed by atoms with van der Waals surface area (Å²) in [5.74, 6) is -0.151. The fraction of sp³-hybridized carbons (Fsp3) is 0.0741. The van der Waals surface area contributed by atoms with Gasteiger partial charge in [0, 0.05) is 48.4 Å². The van der Waals surface area contributed by atoms with E-state index >= 15 is 0 Å². The summed E-state index contributed by atoms with van der Waals surface area (Å²) >= 11 is 0. The number of benzene rings is 3. The average molecular weight is 479 g/mol. The van der Waals surface area contributed by atoms with Crippen LogP contribution in [0, 0.1) is 10.1 Å². The predicted molar refractivity (Wildman–Crippen MR) is 135 cm³/mol. The van der Waals surface area contributed by atoms with Crippen molar-refractivity contribution in [1.82, 2.24) is 24.9 Å². The van der Waals surface area contributed by atoms with Gasteiger partial charge in [-0.05, 0) is 48.0 Å². The molecule has 0 radical (unpaired) electrons. The zero-order valence-corrected chi connectivity index (χ0v) is 19.2. The fourth-order valence-electron chi connectivity index (χ4n) is 3.86. The molecule has 0 atom stereocenters. The van der Waals surface area contributed by atoms with Crippen LogP contribution in [-0.2, 0) is 17.8 Å². The molecule has 1 N–H and O–H groups in total. The summed E-state index contributed by atoms with van der Waals surface area (Å²) < 4.78 is 3.49. The molecule has 0 bridgehead atoms. The lowest BCUT2D eigenvalue weighted by molar-refractivity contribution is -0.384. The van der Waals surface area contributed by atoms with Gasteiger partial charge >= 0.3 is 0 Å². The minimum Gasteiger partial charge on any atom is -0.352 e. The van der Waals surface area contributed by atoms with Gasteiger partial charge in [0.25, 0.3) is 5.69 Å². The van der Waals surface area contributed by atoms with Crippen molar-refractivity contribution < 1.29 is 9.72 Å². The van der Waals surface area contributed by atoms with Crippen LogP contribution < -0.4 is 5.32 Å². The van der Waals surface area contributed by atoms with Gasteiger partial charge in [0.2, 0.25) is 5.91 Å². The number of nitrogens with one attached hydrogen (secondary N) is 1. The highest BCUT2D eigenvalue weighted by Gasteiger charge is 2.16. The van der Waals surface area contributed by atoms with Crippen LogP contribution in [0.1, 0.15) is 11.1 Å². The van der Waals surface area contributed by atoms with Gasteiger partial charge in [-0.3, -0.25) is 14.9 Å². The standard InChI is InChI=1S/C27H22N6O3/c34-26(28-18-20-7-11-24(12-8-20)31-16-4-15-29-31)17-22-19-32(23-5-2-1-3-6-23)30-27(22)21-9-13-25(14-10-21)33(35)36/h1-16,19H,17-18H2,(H,28,34). The van der Waals surface area contributed by atoms with Gasteiger partial charge in [0.1, 0.15) is 0 Å². The quantitative estimate of drug-likeness (QED) is 0.261. The SMILES string of the molecule is O=C(Cc1cn(-c2ccccc2)nc1-c1ccc([N+](=O)[O-])cc1)NCc1ccc(-n2cccn2)cc1. The molecule has 1 amide bonds. The average Bonchev–Trinajstić information content (AvgIpc) is 3.59. The van der Waals surface area contributed by atoms with E-state index in [2.05, 4.69) is 15.5 Å². The number of para-hydroxylation sites is 1. The van der Waals surface area contributed by atoms with Crippen molar-refractivity contribution in [1.29, 1.82) is 0 Å². The first kappa shape index (κ1) is 22.7. The van der Waals surface area contributed by atoms with E-state index in [1.807, 2.05) is 73.1 Å². The van der Waals surface area contributed by atoms with E-state index in [-0.39, 0.29) is 18.0 Å². The maximum absolute atomic E-state index is 12.9. The van der Waals surface area contributed by atoms with Gasteiger partial charge in [-0.25, -0.2) is 9.36 Å². The van der Waals surface area contributed by atoms with Gasteiger partial charge < -0.3 is 5.32 Å². The van der Waals surface area contributed by atoms with Crippen molar-refractivity contribution in [3.05, 3.63) is 125 Å². The van der Waals surface area contributed by atoms with Gasteiger partial charge in [-0.1, -0.05) is 30.3 Å². The van der Waals surface area contributed by atoms with Gasteiger partial charge in [0.15, 0.2) is 0 Å². The van der Waals surface area contributed by atoms with Crippen LogP contribution in [0.3, 0.4) is 0 Å². The van der Waals surface area contributed by atoms with E-state index < -0.39 is 4.92 Å². The third kappa shape index (κ3) is 5.05. The second kappa shape index (κ2) is 10.1. The predicted octanol–water partition coefficient (Wildman–Crippen LogP) is 4.49. The second-order valence-electron chi connectivity index (χ2n) is 8.16. The first-order valence-corrected chi connectivity index (χ1v) is 11.3. The molecule has 178 valence electrons. The highest BCUT2D eigenvalue weighted by atomic mass is 16.6. The molecule has 0 spiro atoms. The van der Waals surface area contributed by atoms with Gasteiger partial charge in [-0.15, -0.1) is 0 Å². The van der Waals surface area contributed by atoms with Crippen LogP contribution in [0.15, 0.2) is 104 Å². The van der Waals surface area contributed by atoms with E-state index in [0.717, 1.165) is 22.5 Å². The van der Waals surface area contributed by atoms with E-state index in [1.165, 1.54) is 12.1 Å². The lowest BCUT2D eigenvalue weighted by Crippen LogP contribution is -2.24. The molecule has 2 aromatic heterocycles. The number of carbonyl (C=O) groups is 1. The molecule has 5 aromatic rings. The van der Waals surface area contributed by atoms with Crippen LogP contribution in [0.25, 0.3) is 22.6 Å². The number of non-ortho nitro benzene ring substituents is 1. The third-order valence-electron chi connectivity index (χ3n) is 5.71. The summed E-state index contributed by atoms with van der Waals surface area (Å²) in [7, 11) is 0. The molecule has 0 aliphatic rings. The molecule has 0 saturated heterocycles. The smallest absolute Gasteiger partial charge is 0.269 e. The molecule has 9 heteroatoms. The highest BCUT2D eigenvalue weighted by molar-refractivity contribution is 5.81. The molecular weight excluding hydrogens is 456 g/mol. The zero-order valence-electron chi connectivity index (χ0n) is 19.2. The summed E-state index contributed by atoms with van der Waals surface area (Å²) in [5.41, 5.74) is 4.79. The Bertz CT molecular complexity index is 1480. The number of nitro groups is 1. The van der Waals surface area contributed by atoms with Crippen LogP contribution in [-0.4, -0.2) is 30.4 Å². The Morgan fingerprint density at radius 3 is 2.28 bits per heavy atom. The molecule has 0 unspecified atom stereocenters. The second-order valence-corrected chi connectivity index (χ2v) is 8.16. The molecule has 36 heavy (non-hydrogen) atoms. The summed E-state index contributed by atoms with van der Waals surface area (Å²) in [5, 5.41) is 22.9. The van der Waals surface area contributed by atoms with E-state index in [1.54, 1.807) is 27.7 Å². The van der Waals surface area contributed by atoms with Crippen molar-refractivity contribution in [2.24, 2.45) is 0 Å². The fourth-order valence-corrected chi connectivity index (χ4v) is 3.86. The maximum atomic E-state index is 12.9. The number of hydrogen-bond donors (Lipinski definition) is 1. The minimum atomic E-state index is -0.442. The molecule has 3 aromatic carbocycles. The zero-order chi connectivity index (χ0) is 24.9. The summed E-state index contributed by atoms with van der Waals surface area (Å²) in [6, 6.07) is 25.4. The number of nitro benzene ring substituents is 1. The van der Waals surface area contributed by atoms with Crippen molar-refractivity contribution in [3.63, 3.8) is 0 Å². The Kier molecular flexibility index (Phi) is 6.35. The molecule has 0 fully saturated rings. The summed E-state index contributed by atoms with van der Waals surface area (Å²) in [6.07, 6.45) is 5.53. The van der Waals surface area contributed by atoms with Crippen LogP contribution in [0.5, 0.6) is 0 Å². The van der Waals surface area contributed by atoms with E-state index in [0.29, 0.717) is 17.8 Å². The normalized spacial score (nSPS) is 10.8. The van der Waals surface area contributed by atoms with E-state index in [9.17, 15) is 14.9 Å². The monoisotopic (exact) mass is 478 g/mol. The number of aromatic nitrogens is 4. The van der Waals surface area contributed by atoms with Gasteiger partial charge in [-0.2, -0.15) is 10.2 Å². The number of amides is 1. The Morgan fingerprint density at radius 1 is 0.889 bits per heavy atom. The Morgan fingerprint density at radius 2 is 1.61 bits per heavy atom. The molecule has 0 saturated carbocycles. The maximum Gasteiger partial charge on any atom is 0.269 e. The summed E-state index contributed by atoms with van der Waals surface area (Å²) in [4.78, 5) is 23.5. The Labute approximate surface area is 206 Å². The number of carbonyl (C=O) groups excluding carboxylic acids is 1. The minimum absolute atomic E-state index is 0.000824. The molecule has 0 aliphatic heterocycles. The Balaban J connectivity index is 1.33. The van der Waals surface area contributed by atoms with Crippen molar-refractivity contribution in [3.8, 4) is 22.6 Å². The first-order valence-electron chi connectivity index (χ1n) is 11.3.